The molecule has 11 heterocycles. The van der Waals surface area contributed by atoms with Gasteiger partial charge in [-0.1, -0.05) is 35.5 Å². The number of benzene rings is 2. The van der Waals surface area contributed by atoms with Gasteiger partial charge < -0.3 is 19.7 Å². The van der Waals surface area contributed by atoms with Gasteiger partial charge in [0.2, 0.25) is 5.69 Å². The fourth-order valence-electron chi connectivity index (χ4n) is 10.4. The highest BCUT2D eigenvalue weighted by Crippen LogP contribution is 2.38. The first-order chi connectivity index (χ1) is 36.3. The highest BCUT2D eigenvalue weighted by molar-refractivity contribution is 6.07. The number of aromatic amines is 3. The topological polar surface area (TPSA) is 129 Å². The summed E-state index contributed by atoms with van der Waals surface area (Å²) < 4.78 is 16.6. The first-order valence-electron chi connectivity index (χ1n) is 24.8. The fourth-order valence-corrected chi connectivity index (χ4v) is 10.4. The number of para-hydroxylation sites is 1. The largest absolute Gasteiger partial charge is 0.487 e. The van der Waals surface area contributed by atoms with E-state index in [0.717, 1.165) is 118 Å². The Labute approximate surface area is 426 Å². The quantitative estimate of drug-likeness (QED) is 0.118. The number of rotatable bonds is 10. The number of nitrogens with one attached hydrogen (secondary N) is 3. The molecule has 0 atom stereocenters. The highest BCUT2D eigenvalue weighted by atomic mass is 16.5. The Kier molecular flexibility index (Phi) is 10.9. The number of aromatic nitrogens is 12. The Morgan fingerprint density at radius 3 is 1.45 bits per heavy atom. The molecule has 0 fully saturated rings. The van der Waals surface area contributed by atoms with Gasteiger partial charge in [-0.3, -0.25) is 4.68 Å². The van der Waals surface area contributed by atoms with Gasteiger partial charge in [0.25, 0.3) is 0 Å². The summed E-state index contributed by atoms with van der Waals surface area (Å²) in [4.78, 5) is 22.3. The lowest BCUT2D eigenvalue weighted by molar-refractivity contribution is -0.677. The van der Waals surface area contributed by atoms with Gasteiger partial charge in [0.05, 0.1) is 41.9 Å². The molecule has 74 heavy (non-hydrogen) atoms. The van der Waals surface area contributed by atoms with Gasteiger partial charge in [-0.05, 0) is 89.0 Å². The zero-order valence-corrected chi connectivity index (χ0v) is 41.5. The zero-order chi connectivity index (χ0) is 49.9. The molecule has 358 valence electrons. The second-order valence-electron chi connectivity index (χ2n) is 19.1. The fraction of sp³-hybridized carbons (Fsp3) is 0.115. The molecule has 3 N–H and O–H groups in total. The SMILES string of the molecule is C[n+]1ccc(-c2c3nc(c(-c4cc[n+](C)cc4)c4ccc([nH]4)c(-c4cc[n+](C)cc4)c4nc(c(-c5ccc(OCc6cn(CCc7c8[nH]c9ccccc9c8cc[n+]7C)nn6)cc5)c5ccc2[nH]5)C=C4)C=C3)cc1. The van der Waals surface area contributed by atoms with Crippen LogP contribution in [0.25, 0.3) is 113 Å². The summed E-state index contributed by atoms with van der Waals surface area (Å²) >= 11 is 0. The third kappa shape index (κ3) is 8.19. The maximum Gasteiger partial charge on any atom is 0.207 e. The Morgan fingerprint density at radius 2 is 0.946 bits per heavy atom. The molecule has 0 aliphatic carbocycles. The molecule has 11 aromatic rings. The third-order valence-corrected chi connectivity index (χ3v) is 14.2. The van der Waals surface area contributed by atoms with Crippen molar-refractivity contribution >= 4 is 68.2 Å². The molecule has 2 aromatic carbocycles. The molecule has 13 rings (SSSR count). The number of H-pyrrole nitrogens is 3. The summed E-state index contributed by atoms with van der Waals surface area (Å²) in [6.45, 7) is 0.957. The second kappa shape index (κ2) is 18.2. The second-order valence-corrected chi connectivity index (χ2v) is 19.1. The predicted molar refractivity (Wildman–Crippen MR) is 289 cm³/mol. The number of hydrogen-bond donors (Lipinski definition) is 3. The molecule has 0 unspecified atom stereocenters. The summed E-state index contributed by atoms with van der Waals surface area (Å²) in [5, 5.41) is 11.4. The van der Waals surface area contributed by atoms with Crippen LogP contribution in [-0.2, 0) is 47.8 Å². The lowest BCUT2D eigenvalue weighted by atomic mass is 10.0. The number of ether oxygens (including phenoxy) is 1. The Morgan fingerprint density at radius 1 is 0.473 bits per heavy atom. The third-order valence-electron chi connectivity index (χ3n) is 14.2. The Balaban J connectivity index is 0.896. The number of pyridine rings is 4. The van der Waals surface area contributed by atoms with Crippen molar-refractivity contribution < 1.29 is 23.0 Å². The minimum Gasteiger partial charge on any atom is -0.487 e. The van der Waals surface area contributed by atoms with E-state index in [4.69, 9.17) is 14.7 Å². The highest BCUT2D eigenvalue weighted by Gasteiger charge is 2.21. The molecule has 0 radical (unpaired) electrons. The van der Waals surface area contributed by atoms with E-state index in [0.29, 0.717) is 6.54 Å². The molecule has 0 saturated carbocycles. The molecular weight excluding hydrogens is 917 g/mol. The van der Waals surface area contributed by atoms with E-state index in [-0.39, 0.29) is 6.61 Å². The van der Waals surface area contributed by atoms with Gasteiger partial charge in [0.1, 0.15) is 51.8 Å². The molecular formula is C61H52N12O+4. The first kappa shape index (κ1) is 44.3. The van der Waals surface area contributed by atoms with Gasteiger partial charge in [-0.2, -0.15) is 0 Å². The van der Waals surface area contributed by atoms with Crippen molar-refractivity contribution in [1.29, 1.82) is 0 Å². The summed E-state index contributed by atoms with van der Waals surface area (Å²) in [5.41, 5.74) is 19.5. The summed E-state index contributed by atoms with van der Waals surface area (Å²) in [6.07, 6.45) is 25.8. The van der Waals surface area contributed by atoms with Crippen LogP contribution in [0, 0.1) is 0 Å². The van der Waals surface area contributed by atoms with Crippen LogP contribution in [0.4, 0.5) is 0 Å². The molecule has 0 saturated heterocycles. The summed E-state index contributed by atoms with van der Waals surface area (Å²) in [6, 6.07) is 40.3. The van der Waals surface area contributed by atoms with Crippen molar-refractivity contribution in [2.45, 2.75) is 19.6 Å². The monoisotopic (exact) mass is 968 g/mol. The van der Waals surface area contributed by atoms with Crippen molar-refractivity contribution in [3.8, 4) is 50.3 Å². The van der Waals surface area contributed by atoms with Crippen molar-refractivity contribution in [1.82, 2.24) is 39.9 Å². The van der Waals surface area contributed by atoms with Gasteiger partial charge in [-0.25, -0.2) is 28.2 Å². The van der Waals surface area contributed by atoms with Crippen molar-refractivity contribution in [3.05, 3.63) is 199 Å². The Bertz CT molecular complexity index is 4170. The molecule has 9 aromatic heterocycles. The molecule has 13 nitrogen and oxygen atoms in total. The smallest absolute Gasteiger partial charge is 0.207 e. The van der Waals surface area contributed by atoms with Crippen molar-refractivity contribution in [3.63, 3.8) is 0 Å². The van der Waals surface area contributed by atoms with Crippen molar-refractivity contribution in [2.24, 2.45) is 28.2 Å². The Hall–Kier alpha value is -9.62. The van der Waals surface area contributed by atoms with Crippen LogP contribution in [0.1, 0.15) is 34.2 Å². The van der Waals surface area contributed by atoms with E-state index in [1.807, 2.05) is 57.9 Å². The summed E-state index contributed by atoms with van der Waals surface area (Å²) in [7, 11) is 8.19. The lowest BCUT2D eigenvalue weighted by Gasteiger charge is -2.08. The van der Waals surface area contributed by atoms with E-state index in [2.05, 4.69) is 208 Å². The van der Waals surface area contributed by atoms with Gasteiger partial charge in [-0.15, -0.1) is 5.10 Å². The van der Waals surface area contributed by atoms with E-state index in [9.17, 15) is 0 Å². The normalized spacial score (nSPS) is 12.1. The van der Waals surface area contributed by atoms with Crippen LogP contribution >= 0.6 is 0 Å². The summed E-state index contributed by atoms with van der Waals surface area (Å²) in [5.74, 6) is 0.722. The lowest BCUT2D eigenvalue weighted by Crippen LogP contribution is -2.34. The number of fused-ring (bicyclic) bond motifs is 11. The van der Waals surface area contributed by atoms with Crippen LogP contribution in [-0.4, -0.2) is 39.9 Å². The van der Waals surface area contributed by atoms with E-state index >= 15 is 0 Å². The van der Waals surface area contributed by atoms with E-state index < -0.39 is 0 Å². The van der Waals surface area contributed by atoms with E-state index in [1.54, 1.807) is 0 Å². The molecule has 2 aliphatic heterocycles. The molecule has 0 amide bonds. The number of hydrogen-bond acceptors (Lipinski definition) is 5. The molecule has 8 bridgehead atoms. The van der Waals surface area contributed by atoms with Gasteiger partial charge >= 0.3 is 0 Å². The maximum atomic E-state index is 6.37. The number of nitrogens with zero attached hydrogens (tertiary/aromatic N) is 9. The average Bonchev–Trinajstić information content (AvgIpc) is 4.30. The predicted octanol–water partition coefficient (Wildman–Crippen LogP) is 9.67. The average molecular weight is 969 g/mol. The van der Waals surface area contributed by atoms with Crippen LogP contribution in [0.15, 0.2) is 165 Å². The van der Waals surface area contributed by atoms with E-state index in [1.165, 1.54) is 16.5 Å². The van der Waals surface area contributed by atoms with Crippen LogP contribution in [0.5, 0.6) is 5.75 Å². The van der Waals surface area contributed by atoms with Crippen LogP contribution in [0.2, 0.25) is 0 Å². The van der Waals surface area contributed by atoms with Crippen LogP contribution in [0.3, 0.4) is 0 Å². The molecule has 13 heteroatoms. The van der Waals surface area contributed by atoms with Crippen LogP contribution < -0.4 is 23.0 Å². The van der Waals surface area contributed by atoms with Gasteiger partial charge in [0, 0.05) is 103 Å². The van der Waals surface area contributed by atoms with Gasteiger partial charge in [0.15, 0.2) is 43.4 Å². The minimum atomic E-state index is 0.280. The molecule has 2 aliphatic rings. The maximum absolute atomic E-state index is 6.37. The first-order valence-corrected chi connectivity index (χ1v) is 24.8. The minimum absolute atomic E-state index is 0.280. The number of aryl methyl sites for hydroxylation is 6. The molecule has 0 spiro atoms. The zero-order valence-electron chi connectivity index (χ0n) is 41.5. The van der Waals surface area contributed by atoms with Crippen molar-refractivity contribution in [2.75, 3.05) is 0 Å². The standard InChI is InChI=1S/C61H50N12O/c1-69-29-21-40(22-30-69)58-50-15-13-48(62-50)57(39-9-11-44(12-10-39)74-38-43-37-73(68-67-43)36-28-56-61-46(27-35-72(56)4)45-7-5-6-8-47(45)66-61)49-14-16-51(63-49)59(41-23-31-70(2)32-24-41)53-18-20-55(65-53)60(54-19-17-52(58)64-54)42-25-33-71(3)34-26-42/h5-27,29-35,37H,28,36,38H2,1-4H3,(H,62,63,64,65)/q+2/p+2.